The van der Waals surface area contributed by atoms with Crippen LogP contribution in [0.4, 0.5) is 5.69 Å². The number of nitriles is 1. The highest BCUT2D eigenvalue weighted by atomic mass is 35.5. The Hall–Kier alpha value is -3.17. The molecule has 0 aliphatic rings. The molecule has 26 heavy (non-hydrogen) atoms. The fourth-order valence-corrected chi connectivity index (χ4v) is 2.78. The Morgan fingerprint density at radius 1 is 1.15 bits per heavy atom. The Labute approximate surface area is 155 Å². The molecule has 0 fully saturated rings. The highest BCUT2D eigenvalue weighted by molar-refractivity contribution is 6.30. The lowest BCUT2D eigenvalue weighted by Gasteiger charge is -2.12. The number of nitrogen functional groups attached to an aromatic ring is 1. The van der Waals surface area contributed by atoms with E-state index in [1.165, 1.54) is 0 Å². The number of rotatable bonds is 5. The number of hydrogen-bond acceptors (Lipinski definition) is 5. The Balaban J connectivity index is 1.72. The number of nitrogens with zero attached hydrogens (tertiary/aromatic N) is 3. The van der Waals surface area contributed by atoms with Crippen LogP contribution < -0.4 is 11.1 Å². The number of carbonyl (C=O) groups is 1. The zero-order valence-corrected chi connectivity index (χ0v) is 14.6. The first-order valence-electron chi connectivity index (χ1n) is 8.02. The standard InChI is InChI=1S/C19H16ClN5O/c20-18-17(24-15-3-1-2-4-16(15)25-18)14(11-21)19(26)23-10-9-12-5-7-13(22)8-6-12/h1-8,14H,9-10,22H2,(H,23,26). The molecule has 1 heterocycles. The van der Waals surface area contributed by atoms with Gasteiger partial charge in [0.15, 0.2) is 11.1 Å². The van der Waals surface area contributed by atoms with Crippen molar-refractivity contribution in [1.82, 2.24) is 15.3 Å². The molecule has 1 atom stereocenters. The number of aromatic nitrogens is 2. The summed E-state index contributed by atoms with van der Waals surface area (Å²) in [7, 11) is 0. The average molecular weight is 366 g/mol. The van der Waals surface area contributed by atoms with Crippen LogP contribution in [0.15, 0.2) is 48.5 Å². The molecule has 0 saturated heterocycles. The van der Waals surface area contributed by atoms with E-state index in [1.54, 1.807) is 24.3 Å². The first-order valence-corrected chi connectivity index (χ1v) is 8.40. The minimum absolute atomic E-state index is 0.0592. The van der Waals surface area contributed by atoms with Crippen LogP contribution in [-0.2, 0) is 11.2 Å². The number of nitrogens with one attached hydrogen (secondary N) is 1. The summed E-state index contributed by atoms with van der Waals surface area (Å²) in [6.45, 7) is 0.388. The van der Waals surface area contributed by atoms with E-state index in [2.05, 4.69) is 15.3 Å². The van der Waals surface area contributed by atoms with Gasteiger partial charge in [0.05, 0.1) is 17.1 Å². The smallest absolute Gasteiger partial charge is 0.243 e. The second-order valence-corrected chi connectivity index (χ2v) is 6.09. The third kappa shape index (κ3) is 3.90. The van der Waals surface area contributed by atoms with Gasteiger partial charge in [-0.05, 0) is 36.2 Å². The summed E-state index contributed by atoms with van der Waals surface area (Å²) in [5, 5.41) is 12.3. The molecule has 3 N–H and O–H groups in total. The van der Waals surface area contributed by atoms with E-state index >= 15 is 0 Å². The molecule has 7 heteroatoms. The van der Waals surface area contributed by atoms with E-state index in [4.69, 9.17) is 17.3 Å². The van der Waals surface area contributed by atoms with Crippen LogP contribution in [0.1, 0.15) is 17.2 Å². The molecule has 0 aliphatic carbocycles. The third-order valence-electron chi connectivity index (χ3n) is 3.91. The maximum atomic E-state index is 12.4. The number of para-hydroxylation sites is 2. The molecule has 1 aromatic heterocycles. The molecule has 3 aromatic rings. The lowest BCUT2D eigenvalue weighted by atomic mass is 10.1. The number of carbonyl (C=O) groups excluding carboxylic acids is 1. The average Bonchev–Trinajstić information content (AvgIpc) is 2.64. The van der Waals surface area contributed by atoms with Gasteiger partial charge in [0.2, 0.25) is 5.91 Å². The summed E-state index contributed by atoms with van der Waals surface area (Å²) < 4.78 is 0. The summed E-state index contributed by atoms with van der Waals surface area (Å²) in [6, 6.07) is 16.5. The highest BCUT2D eigenvalue weighted by Gasteiger charge is 2.25. The Morgan fingerprint density at radius 2 is 1.81 bits per heavy atom. The molecular formula is C19H16ClN5O. The quantitative estimate of drug-likeness (QED) is 0.676. The fourth-order valence-electron chi connectivity index (χ4n) is 2.54. The number of benzene rings is 2. The van der Waals surface area contributed by atoms with Crippen LogP contribution in [0.3, 0.4) is 0 Å². The highest BCUT2D eigenvalue weighted by Crippen LogP contribution is 2.24. The molecule has 3 rings (SSSR count). The van der Waals surface area contributed by atoms with E-state index in [0.717, 1.165) is 5.56 Å². The zero-order chi connectivity index (χ0) is 18.5. The van der Waals surface area contributed by atoms with E-state index in [0.29, 0.717) is 29.7 Å². The second kappa shape index (κ2) is 7.81. The fraction of sp³-hybridized carbons (Fsp3) is 0.158. The summed E-state index contributed by atoms with van der Waals surface area (Å²) in [6.07, 6.45) is 0.626. The van der Waals surface area contributed by atoms with Gasteiger partial charge in [-0.15, -0.1) is 0 Å². The number of fused-ring (bicyclic) bond motifs is 1. The number of nitrogens with two attached hydrogens (primary N) is 1. The van der Waals surface area contributed by atoms with Gasteiger partial charge < -0.3 is 11.1 Å². The van der Waals surface area contributed by atoms with Gasteiger partial charge in [-0.3, -0.25) is 4.79 Å². The summed E-state index contributed by atoms with van der Waals surface area (Å²) in [5.74, 6) is -1.57. The number of hydrogen-bond donors (Lipinski definition) is 2. The Morgan fingerprint density at radius 3 is 2.46 bits per heavy atom. The summed E-state index contributed by atoms with van der Waals surface area (Å²) in [4.78, 5) is 21.0. The SMILES string of the molecule is N#CC(C(=O)NCCc1ccc(N)cc1)c1nc2ccccc2nc1Cl. The number of amides is 1. The molecule has 0 bridgehead atoms. The summed E-state index contributed by atoms with van der Waals surface area (Å²) in [5.41, 5.74) is 8.74. The van der Waals surface area contributed by atoms with Crippen molar-refractivity contribution in [2.45, 2.75) is 12.3 Å². The molecule has 0 aliphatic heterocycles. The molecule has 6 nitrogen and oxygen atoms in total. The van der Waals surface area contributed by atoms with E-state index < -0.39 is 11.8 Å². The second-order valence-electron chi connectivity index (χ2n) is 5.73. The van der Waals surface area contributed by atoms with Gasteiger partial charge in [-0.1, -0.05) is 35.9 Å². The minimum Gasteiger partial charge on any atom is -0.399 e. The molecule has 130 valence electrons. The minimum atomic E-state index is -1.12. The number of anilines is 1. The lowest BCUT2D eigenvalue weighted by molar-refractivity contribution is -0.121. The maximum absolute atomic E-state index is 12.4. The van der Waals surface area contributed by atoms with Crippen molar-refractivity contribution >= 4 is 34.2 Å². The van der Waals surface area contributed by atoms with Crippen molar-refractivity contribution < 1.29 is 4.79 Å². The topological polar surface area (TPSA) is 105 Å². The van der Waals surface area contributed by atoms with E-state index in [9.17, 15) is 10.1 Å². The van der Waals surface area contributed by atoms with Gasteiger partial charge >= 0.3 is 0 Å². The van der Waals surface area contributed by atoms with E-state index in [1.807, 2.05) is 30.3 Å². The monoisotopic (exact) mass is 365 g/mol. The molecule has 1 unspecified atom stereocenters. The third-order valence-corrected chi connectivity index (χ3v) is 4.19. The largest absolute Gasteiger partial charge is 0.399 e. The molecule has 2 aromatic carbocycles. The molecule has 0 radical (unpaired) electrons. The van der Waals surface area contributed by atoms with Crippen LogP contribution in [0.2, 0.25) is 5.15 Å². The first-order chi connectivity index (χ1) is 12.6. The summed E-state index contributed by atoms with van der Waals surface area (Å²) >= 11 is 6.15. The van der Waals surface area contributed by atoms with Crippen LogP contribution in [0.25, 0.3) is 11.0 Å². The van der Waals surface area contributed by atoms with Crippen LogP contribution in [0.5, 0.6) is 0 Å². The van der Waals surface area contributed by atoms with Crippen molar-refractivity contribution in [3.8, 4) is 6.07 Å². The molecular weight excluding hydrogens is 350 g/mol. The van der Waals surface area contributed by atoms with Gasteiger partial charge in [0, 0.05) is 12.2 Å². The molecule has 0 spiro atoms. The van der Waals surface area contributed by atoms with Crippen molar-refractivity contribution in [3.63, 3.8) is 0 Å². The van der Waals surface area contributed by atoms with Crippen molar-refractivity contribution in [3.05, 3.63) is 64.9 Å². The Bertz CT molecular complexity index is 981. The van der Waals surface area contributed by atoms with Crippen LogP contribution in [0, 0.1) is 11.3 Å². The first kappa shape index (κ1) is 17.6. The predicted octanol–water partition coefficient (Wildman–Crippen LogP) is 2.83. The van der Waals surface area contributed by atoms with Gasteiger partial charge in [-0.2, -0.15) is 5.26 Å². The zero-order valence-electron chi connectivity index (χ0n) is 13.8. The Kier molecular flexibility index (Phi) is 5.30. The van der Waals surface area contributed by atoms with Crippen molar-refractivity contribution in [1.29, 1.82) is 5.26 Å². The molecule has 1 amide bonds. The normalized spacial score (nSPS) is 11.7. The lowest BCUT2D eigenvalue weighted by Crippen LogP contribution is -2.31. The van der Waals surface area contributed by atoms with Crippen molar-refractivity contribution in [2.75, 3.05) is 12.3 Å². The van der Waals surface area contributed by atoms with Gasteiger partial charge in [0.25, 0.3) is 0 Å². The van der Waals surface area contributed by atoms with Gasteiger partial charge in [-0.25, -0.2) is 9.97 Å². The van der Waals surface area contributed by atoms with Crippen molar-refractivity contribution in [2.24, 2.45) is 0 Å². The predicted molar refractivity (Wildman–Crippen MR) is 100 cm³/mol. The van der Waals surface area contributed by atoms with Gasteiger partial charge in [0.1, 0.15) is 5.69 Å². The van der Waals surface area contributed by atoms with Crippen LogP contribution >= 0.6 is 11.6 Å². The maximum Gasteiger partial charge on any atom is 0.243 e. The van der Waals surface area contributed by atoms with E-state index in [-0.39, 0.29) is 10.8 Å². The molecule has 0 saturated carbocycles. The number of halogens is 1. The van der Waals surface area contributed by atoms with Crippen LogP contribution in [-0.4, -0.2) is 22.4 Å².